The minimum absolute atomic E-state index is 0.430. The zero-order valence-electron chi connectivity index (χ0n) is 10.4. The molecule has 0 spiro atoms. The standard InChI is InChI=1S/C12H22N4/c1-9-6-11(7-13)8-16(9)10(2)12-4-5-14-15(12)3/h4-5,9-11H,6-8,13H2,1-3H3. The second-order valence-electron chi connectivity index (χ2n) is 4.94. The zero-order valence-corrected chi connectivity index (χ0v) is 10.4. The molecule has 1 aromatic rings. The Morgan fingerprint density at radius 3 is 2.88 bits per heavy atom. The largest absolute Gasteiger partial charge is 0.330 e. The van der Waals surface area contributed by atoms with Crippen molar-refractivity contribution < 1.29 is 0 Å². The molecule has 0 bridgehead atoms. The van der Waals surface area contributed by atoms with Crippen LogP contribution in [0, 0.1) is 5.92 Å². The fourth-order valence-electron chi connectivity index (χ4n) is 2.84. The summed E-state index contributed by atoms with van der Waals surface area (Å²) < 4.78 is 1.97. The predicted molar refractivity (Wildman–Crippen MR) is 65.0 cm³/mol. The van der Waals surface area contributed by atoms with E-state index in [1.807, 2.05) is 17.9 Å². The number of aryl methyl sites for hydroxylation is 1. The molecule has 1 aliphatic heterocycles. The molecule has 0 radical (unpaired) electrons. The van der Waals surface area contributed by atoms with Gasteiger partial charge in [-0.3, -0.25) is 9.58 Å². The zero-order chi connectivity index (χ0) is 11.7. The Hall–Kier alpha value is -0.870. The van der Waals surface area contributed by atoms with Gasteiger partial charge in [0.15, 0.2) is 0 Å². The summed E-state index contributed by atoms with van der Waals surface area (Å²) in [6.45, 7) is 6.47. The van der Waals surface area contributed by atoms with Gasteiger partial charge in [-0.05, 0) is 38.8 Å². The number of likely N-dealkylation sites (tertiary alicyclic amines) is 1. The first kappa shape index (κ1) is 11.6. The van der Waals surface area contributed by atoms with E-state index in [4.69, 9.17) is 5.73 Å². The van der Waals surface area contributed by atoms with Crippen molar-refractivity contribution in [2.24, 2.45) is 18.7 Å². The van der Waals surface area contributed by atoms with E-state index < -0.39 is 0 Å². The SMILES string of the molecule is CC1CC(CN)CN1C(C)c1ccnn1C. The maximum Gasteiger partial charge on any atom is 0.0549 e. The lowest BCUT2D eigenvalue weighted by Crippen LogP contribution is -2.31. The van der Waals surface area contributed by atoms with Crippen molar-refractivity contribution in [2.45, 2.75) is 32.4 Å². The van der Waals surface area contributed by atoms with Gasteiger partial charge < -0.3 is 5.73 Å². The Bertz CT molecular complexity index is 347. The fraction of sp³-hybridized carbons (Fsp3) is 0.750. The van der Waals surface area contributed by atoms with E-state index in [2.05, 4.69) is 29.9 Å². The summed E-state index contributed by atoms with van der Waals surface area (Å²) in [5.41, 5.74) is 7.04. The van der Waals surface area contributed by atoms with Crippen molar-refractivity contribution in [1.29, 1.82) is 0 Å². The Balaban J connectivity index is 2.11. The fourth-order valence-corrected chi connectivity index (χ4v) is 2.84. The van der Waals surface area contributed by atoms with Gasteiger partial charge in [-0.1, -0.05) is 0 Å². The molecular formula is C12H22N4. The Morgan fingerprint density at radius 2 is 2.38 bits per heavy atom. The predicted octanol–water partition coefficient (Wildman–Crippen LogP) is 1.15. The third kappa shape index (κ3) is 1.99. The molecule has 16 heavy (non-hydrogen) atoms. The first-order valence-corrected chi connectivity index (χ1v) is 6.07. The van der Waals surface area contributed by atoms with E-state index in [0.717, 1.165) is 13.1 Å². The first-order valence-electron chi connectivity index (χ1n) is 6.07. The van der Waals surface area contributed by atoms with Crippen LogP contribution in [0.25, 0.3) is 0 Å². The van der Waals surface area contributed by atoms with Crippen LogP contribution in [0.4, 0.5) is 0 Å². The lowest BCUT2D eigenvalue weighted by Gasteiger charge is -2.28. The Labute approximate surface area is 97.4 Å². The summed E-state index contributed by atoms with van der Waals surface area (Å²) in [6.07, 6.45) is 3.09. The van der Waals surface area contributed by atoms with Crippen LogP contribution in [-0.2, 0) is 7.05 Å². The smallest absolute Gasteiger partial charge is 0.0549 e. The number of nitrogens with zero attached hydrogens (tertiary/aromatic N) is 3. The highest BCUT2D eigenvalue weighted by Gasteiger charge is 2.32. The first-order chi connectivity index (χ1) is 7.63. The number of hydrogen-bond acceptors (Lipinski definition) is 3. The topological polar surface area (TPSA) is 47.1 Å². The summed E-state index contributed by atoms with van der Waals surface area (Å²) in [7, 11) is 2.01. The van der Waals surface area contributed by atoms with E-state index in [1.54, 1.807) is 0 Å². The molecule has 0 amide bonds. The molecule has 1 saturated heterocycles. The molecule has 3 unspecified atom stereocenters. The summed E-state index contributed by atoms with van der Waals surface area (Å²) in [4.78, 5) is 2.54. The number of rotatable bonds is 3. The van der Waals surface area contributed by atoms with Crippen molar-refractivity contribution in [3.05, 3.63) is 18.0 Å². The molecule has 0 aliphatic carbocycles. The van der Waals surface area contributed by atoms with Crippen molar-refractivity contribution in [3.63, 3.8) is 0 Å². The minimum atomic E-state index is 0.430. The normalized spacial score (nSPS) is 28.5. The van der Waals surface area contributed by atoms with Gasteiger partial charge in [-0.15, -0.1) is 0 Å². The van der Waals surface area contributed by atoms with Gasteiger partial charge >= 0.3 is 0 Å². The van der Waals surface area contributed by atoms with Gasteiger partial charge in [-0.25, -0.2) is 0 Å². The molecule has 1 aromatic heterocycles. The highest BCUT2D eigenvalue weighted by molar-refractivity contribution is 5.07. The van der Waals surface area contributed by atoms with Gasteiger partial charge in [0.25, 0.3) is 0 Å². The molecule has 1 aliphatic rings. The Morgan fingerprint density at radius 1 is 1.62 bits per heavy atom. The number of aromatic nitrogens is 2. The van der Waals surface area contributed by atoms with Crippen LogP contribution in [0.1, 0.15) is 32.0 Å². The third-order valence-corrected chi connectivity index (χ3v) is 3.83. The van der Waals surface area contributed by atoms with Crippen molar-refractivity contribution >= 4 is 0 Å². The molecule has 3 atom stereocenters. The molecule has 0 aromatic carbocycles. The number of hydrogen-bond donors (Lipinski definition) is 1. The number of nitrogens with two attached hydrogens (primary N) is 1. The van der Waals surface area contributed by atoms with E-state index >= 15 is 0 Å². The van der Waals surface area contributed by atoms with Gasteiger partial charge in [0, 0.05) is 31.9 Å². The van der Waals surface area contributed by atoms with E-state index in [9.17, 15) is 0 Å². The molecule has 4 heteroatoms. The molecule has 90 valence electrons. The van der Waals surface area contributed by atoms with Crippen molar-refractivity contribution in [3.8, 4) is 0 Å². The summed E-state index contributed by atoms with van der Waals surface area (Å²) in [6, 6.07) is 3.16. The van der Waals surface area contributed by atoms with E-state index in [1.165, 1.54) is 12.1 Å². The highest BCUT2D eigenvalue weighted by Crippen LogP contribution is 2.31. The van der Waals surface area contributed by atoms with Crippen LogP contribution in [0.15, 0.2) is 12.3 Å². The van der Waals surface area contributed by atoms with E-state index in [-0.39, 0.29) is 0 Å². The maximum atomic E-state index is 5.76. The summed E-state index contributed by atoms with van der Waals surface area (Å²) in [5, 5.41) is 4.24. The minimum Gasteiger partial charge on any atom is -0.330 e. The van der Waals surface area contributed by atoms with Crippen LogP contribution < -0.4 is 5.73 Å². The lowest BCUT2D eigenvalue weighted by atomic mass is 10.1. The highest BCUT2D eigenvalue weighted by atomic mass is 15.3. The van der Waals surface area contributed by atoms with E-state index in [0.29, 0.717) is 18.0 Å². The quantitative estimate of drug-likeness (QED) is 0.834. The van der Waals surface area contributed by atoms with Gasteiger partial charge in [0.1, 0.15) is 0 Å². The molecule has 2 rings (SSSR count). The van der Waals surface area contributed by atoms with Crippen molar-refractivity contribution in [1.82, 2.24) is 14.7 Å². The third-order valence-electron chi connectivity index (χ3n) is 3.83. The van der Waals surface area contributed by atoms with Gasteiger partial charge in [-0.2, -0.15) is 5.10 Å². The van der Waals surface area contributed by atoms with Crippen LogP contribution in [0.3, 0.4) is 0 Å². The lowest BCUT2D eigenvalue weighted by molar-refractivity contribution is 0.193. The van der Waals surface area contributed by atoms with Crippen LogP contribution in [0.5, 0.6) is 0 Å². The Kier molecular flexibility index (Phi) is 3.30. The van der Waals surface area contributed by atoms with Crippen LogP contribution >= 0.6 is 0 Å². The van der Waals surface area contributed by atoms with Gasteiger partial charge in [0.05, 0.1) is 5.69 Å². The molecule has 1 fully saturated rings. The molecule has 0 saturated carbocycles. The summed E-state index contributed by atoms with van der Waals surface area (Å²) >= 11 is 0. The molecular weight excluding hydrogens is 200 g/mol. The average molecular weight is 222 g/mol. The van der Waals surface area contributed by atoms with Crippen LogP contribution in [-0.4, -0.2) is 33.8 Å². The average Bonchev–Trinajstić information content (AvgIpc) is 2.83. The van der Waals surface area contributed by atoms with Gasteiger partial charge in [0.2, 0.25) is 0 Å². The summed E-state index contributed by atoms with van der Waals surface area (Å²) in [5.74, 6) is 0.658. The molecule has 2 heterocycles. The maximum absolute atomic E-state index is 5.76. The molecule has 4 nitrogen and oxygen atoms in total. The monoisotopic (exact) mass is 222 g/mol. The second kappa shape index (κ2) is 4.55. The van der Waals surface area contributed by atoms with Crippen LogP contribution in [0.2, 0.25) is 0 Å². The molecule has 2 N–H and O–H groups in total. The van der Waals surface area contributed by atoms with Crippen molar-refractivity contribution in [2.75, 3.05) is 13.1 Å². The second-order valence-corrected chi connectivity index (χ2v) is 4.94.